The number of hydrogen-bond donors (Lipinski definition) is 0. The van der Waals surface area contributed by atoms with Crippen LogP contribution in [0.3, 0.4) is 0 Å². The molecule has 7 heteroatoms. The second-order valence-corrected chi connectivity index (χ2v) is 7.79. The number of aromatic nitrogens is 4. The van der Waals surface area contributed by atoms with Gasteiger partial charge in [-0.3, -0.25) is 9.38 Å². The normalized spacial score (nSPS) is 17.3. The number of nitrogens with zero attached hydrogens (tertiary/aromatic N) is 4. The number of hydrogen-bond acceptors (Lipinski definition) is 5. The lowest BCUT2D eigenvalue weighted by atomic mass is 9.93. The number of ether oxygens (including phenoxy) is 2. The van der Waals surface area contributed by atoms with Gasteiger partial charge in [0, 0.05) is 28.6 Å². The Morgan fingerprint density at radius 1 is 1.07 bits per heavy atom. The molecule has 0 N–H and O–H groups in total. The van der Waals surface area contributed by atoms with Crippen LogP contribution >= 0.6 is 0 Å². The van der Waals surface area contributed by atoms with Crippen molar-refractivity contribution in [3.05, 3.63) is 71.2 Å². The van der Waals surface area contributed by atoms with Crippen molar-refractivity contribution < 1.29 is 13.9 Å². The fourth-order valence-corrected chi connectivity index (χ4v) is 4.63. The van der Waals surface area contributed by atoms with Gasteiger partial charge in [-0.2, -0.15) is 0 Å². The highest BCUT2D eigenvalue weighted by Gasteiger charge is 2.31. The molecule has 30 heavy (non-hydrogen) atoms. The highest BCUT2D eigenvalue weighted by molar-refractivity contribution is 5.80. The number of halogens is 1. The summed E-state index contributed by atoms with van der Waals surface area (Å²) < 4.78 is 28.8. The van der Waals surface area contributed by atoms with E-state index in [1.165, 1.54) is 6.07 Å². The van der Waals surface area contributed by atoms with Gasteiger partial charge in [0.05, 0.1) is 24.8 Å². The molecular formula is C23H19FN4O2. The van der Waals surface area contributed by atoms with Gasteiger partial charge in [0.25, 0.3) is 0 Å². The predicted molar refractivity (Wildman–Crippen MR) is 108 cm³/mol. The predicted octanol–water partition coefficient (Wildman–Crippen LogP) is 3.89. The Hall–Kier alpha value is -3.48. The minimum absolute atomic E-state index is 0.0110. The molecule has 0 fully saturated rings. The summed E-state index contributed by atoms with van der Waals surface area (Å²) in [6.07, 6.45) is 4.64. The van der Waals surface area contributed by atoms with Crippen molar-refractivity contribution in [3.63, 3.8) is 0 Å². The molecular weight excluding hydrogens is 383 g/mol. The van der Waals surface area contributed by atoms with Crippen molar-refractivity contribution in [2.24, 2.45) is 0 Å². The van der Waals surface area contributed by atoms with Crippen molar-refractivity contribution in [2.45, 2.75) is 25.7 Å². The molecule has 5 heterocycles. The Kier molecular flexibility index (Phi) is 3.78. The largest absolute Gasteiger partial charge is 0.493 e. The molecule has 2 aliphatic heterocycles. The topological polar surface area (TPSA) is 61.5 Å². The number of pyridine rings is 2. The summed E-state index contributed by atoms with van der Waals surface area (Å²) >= 11 is 0. The first kappa shape index (κ1) is 17.4. The molecule has 0 bridgehead atoms. The van der Waals surface area contributed by atoms with Crippen LogP contribution in [0.5, 0.6) is 11.5 Å². The number of rotatable bonds is 1. The molecule has 0 amide bonds. The first-order chi connectivity index (χ1) is 14.7. The van der Waals surface area contributed by atoms with Crippen LogP contribution in [0.2, 0.25) is 0 Å². The highest BCUT2D eigenvalue weighted by atomic mass is 19.1. The summed E-state index contributed by atoms with van der Waals surface area (Å²) in [6.45, 7) is 2.90. The van der Waals surface area contributed by atoms with E-state index in [-0.39, 0.29) is 11.7 Å². The molecule has 4 aromatic rings. The number of aryl methyl sites for hydroxylation is 2. The molecule has 6 nitrogen and oxygen atoms in total. The molecule has 6 rings (SSSR count). The molecule has 2 aliphatic rings. The monoisotopic (exact) mass is 402 g/mol. The summed E-state index contributed by atoms with van der Waals surface area (Å²) in [7, 11) is 0. The van der Waals surface area contributed by atoms with Gasteiger partial charge in [-0.25, -0.2) is 4.39 Å². The zero-order valence-electron chi connectivity index (χ0n) is 16.4. The van der Waals surface area contributed by atoms with Crippen molar-refractivity contribution in [3.8, 4) is 22.6 Å². The van der Waals surface area contributed by atoms with E-state index in [0.717, 1.165) is 50.8 Å². The fourth-order valence-electron chi connectivity index (χ4n) is 4.63. The Morgan fingerprint density at radius 3 is 2.80 bits per heavy atom. The van der Waals surface area contributed by atoms with Crippen molar-refractivity contribution in [1.29, 1.82) is 0 Å². The van der Waals surface area contributed by atoms with Crippen LogP contribution in [0.1, 0.15) is 28.4 Å². The van der Waals surface area contributed by atoms with Gasteiger partial charge in [0.1, 0.15) is 23.6 Å². The van der Waals surface area contributed by atoms with Crippen LogP contribution in [0, 0.1) is 12.7 Å². The molecule has 0 saturated carbocycles. The third-order valence-corrected chi connectivity index (χ3v) is 6.10. The van der Waals surface area contributed by atoms with E-state index in [0.29, 0.717) is 26.1 Å². The van der Waals surface area contributed by atoms with Crippen LogP contribution < -0.4 is 9.47 Å². The molecule has 0 spiro atoms. The highest BCUT2D eigenvalue weighted by Crippen LogP contribution is 2.41. The smallest absolute Gasteiger partial charge is 0.169 e. The zero-order chi connectivity index (χ0) is 20.2. The average Bonchev–Trinajstić information content (AvgIpc) is 3.40. The van der Waals surface area contributed by atoms with E-state index in [9.17, 15) is 4.39 Å². The molecule has 0 unspecified atom stereocenters. The van der Waals surface area contributed by atoms with Gasteiger partial charge >= 0.3 is 0 Å². The lowest BCUT2D eigenvalue weighted by Gasteiger charge is -2.16. The molecule has 0 radical (unpaired) electrons. The van der Waals surface area contributed by atoms with Crippen molar-refractivity contribution >= 4 is 5.65 Å². The molecule has 1 aromatic carbocycles. The molecule has 150 valence electrons. The fraction of sp³-hybridized carbons (Fsp3) is 0.261. The molecule has 3 aromatic heterocycles. The average molecular weight is 402 g/mol. The number of benzene rings is 1. The van der Waals surface area contributed by atoms with Gasteiger partial charge in [-0.15, -0.1) is 10.2 Å². The van der Waals surface area contributed by atoms with Gasteiger partial charge in [-0.1, -0.05) is 6.07 Å². The van der Waals surface area contributed by atoms with E-state index in [2.05, 4.69) is 15.2 Å². The Labute approximate surface area is 172 Å². The third-order valence-electron chi connectivity index (χ3n) is 6.10. The maximum absolute atomic E-state index is 14.7. The number of fused-ring (bicyclic) bond motifs is 3. The van der Waals surface area contributed by atoms with E-state index in [1.54, 1.807) is 18.6 Å². The summed E-state index contributed by atoms with van der Waals surface area (Å²) in [6, 6.07) is 9.18. The Balaban J connectivity index is 1.54. The summed E-state index contributed by atoms with van der Waals surface area (Å²) in [5.41, 5.74) is 6.18. The molecule has 0 aliphatic carbocycles. The van der Waals surface area contributed by atoms with Gasteiger partial charge in [0.2, 0.25) is 0 Å². The van der Waals surface area contributed by atoms with Crippen molar-refractivity contribution in [1.82, 2.24) is 19.6 Å². The summed E-state index contributed by atoms with van der Waals surface area (Å²) in [4.78, 5) is 4.42. The second-order valence-electron chi connectivity index (χ2n) is 7.79. The second kappa shape index (κ2) is 6.52. The zero-order valence-corrected chi connectivity index (χ0v) is 16.4. The van der Waals surface area contributed by atoms with Crippen LogP contribution in [-0.2, 0) is 12.8 Å². The minimum Gasteiger partial charge on any atom is -0.493 e. The summed E-state index contributed by atoms with van der Waals surface area (Å²) in [5.74, 6) is 1.36. The maximum atomic E-state index is 14.7. The van der Waals surface area contributed by atoms with Crippen LogP contribution in [0.15, 0.2) is 42.9 Å². The van der Waals surface area contributed by atoms with E-state index in [1.807, 2.05) is 29.5 Å². The first-order valence-electron chi connectivity index (χ1n) is 10.0. The van der Waals surface area contributed by atoms with Crippen LogP contribution in [0.25, 0.3) is 16.8 Å². The van der Waals surface area contributed by atoms with Crippen molar-refractivity contribution in [2.75, 3.05) is 13.2 Å². The molecule has 0 saturated heterocycles. The van der Waals surface area contributed by atoms with E-state index in [4.69, 9.17) is 9.47 Å². The van der Waals surface area contributed by atoms with Crippen LogP contribution in [-0.4, -0.2) is 32.8 Å². The Morgan fingerprint density at radius 2 is 1.93 bits per heavy atom. The lowest BCUT2D eigenvalue weighted by molar-refractivity contribution is 0.246. The van der Waals surface area contributed by atoms with Gasteiger partial charge in [0.15, 0.2) is 5.65 Å². The Bertz CT molecular complexity index is 1300. The molecule has 1 atom stereocenters. The van der Waals surface area contributed by atoms with Crippen LogP contribution in [0.4, 0.5) is 4.39 Å². The van der Waals surface area contributed by atoms with E-state index < -0.39 is 0 Å². The van der Waals surface area contributed by atoms with E-state index >= 15 is 0 Å². The summed E-state index contributed by atoms with van der Waals surface area (Å²) in [5, 5.41) is 8.51. The standard InChI is InChI=1S/C23H19FN4O2/c1-13-15(3-2-8-25-13)17-9-21-19(28-12-26-27-23(17)28)6-4-16-18(24)5-7-20-22(16)14(10-29-20)11-30-21/h2-3,5,7-9,12,14H,4,6,10-11H2,1H3/t14-/m1/s1. The first-order valence-corrected chi connectivity index (χ1v) is 10.0. The minimum atomic E-state index is -0.185. The van der Waals surface area contributed by atoms with Gasteiger partial charge in [-0.05, 0) is 49.6 Å². The lowest BCUT2D eigenvalue weighted by Crippen LogP contribution is -2.13. The quantitative estimate of drug-likeness (QED) is 0.483. The SMILES string of the molecule is Cc1ncccc1-c1cc2c(n3cnnc13)CCc1c(F)ccc3c1[C@H](CO3)CO2. The van der Waals surface area contributed by atoms with Gasteiger partial charge < -0.3 is 9.47 Å². The third kappa shape index (κ3) is 2.51. The maximum Gasteiger partial charge on any atom is 0.169 e.